The Morgan fingerprint density at radius 1 is 0.825 bits per heavy atom. The number of hydrogen-bond donors (Lipinski definition) is 2. The zero-order chi connectivity index (χ0) is 43.3. The number of thiophene rings is 1. The van der Waals surface area contributed by atoms with E-state index in [0.29, 0.717) is 25.5 Å². The molecule has 2 unspecified atom stereocenters. The summed E-state index contributed by atoms with van der Waals surface area (Å²) in [5, 5.41) is 15.2. The third kappa shape index (κ3) is 10.1. The molecule has 4 aliphatic rings. The number of sulfonamides is 1. The van der Waals surface area contributed by atoms with Crippen LogP contribution in [0.5, 0.6) is 11.5 Å². The largest absolute Gasteiger partial charge is 0.456 e. The standard InChI is InChI=1S/C48H54N6O7S2/c55-48(50-63(58,59)41-17-19-44(45(30-41)54(56)57)49-31-34-21-27-60-28-22-34)43-18-15-38(29-46(43)61-39-10-2-1-3-11-39)52-25-23-51(24-26-52)32-35-7-4-5-12-42(35)47-20-16-40(62-47)33-53-36-8-6-9-37(53)14-13-36/h1-5,7,10-12,15-20,29-30,34,36-37,49H,6,8-9,13-14,21-28,31-33H2,(H,50,55). The van der Waals surface area contributed by atoms with E-state index in [4.69, 9.17) is 9.47 Å². The molecule has 4 aliphatic heterocycles. The number of rotatable bonds is 15. The zero-order valence-electron chi connectivity index (χ0n) is 35.3. The number of benzene rings is 4. The van der Waals surface area contributed by atoms with Gasteiger partial charge in [0.05, 0.1) is 15.4 Å². The number of hydrogen-bond acceptors (Lipinski definition) is 12. The Kier molecular flexibility index (Phi) is 13.1. The van der Waals surface area contributed by atoms with Crippen LogP contribution in [0.3, 0.4) is 0 Å². The van der Waals surface area contributed by atoms with Crippen LogP contribution >= 0.6 is 11.3 Å². The molecule has 63 heavy (non-hydrogen) atoms. The van der Waals surface area contributed by atoms with Gasteiger partial charge in [0.1, 0.15) is 17.2 Å². The summed E-state index contributed by atoms with van der Waals surface area (Å²) in [6, 6.07) is 32.6. The second-order valence-corrected chi connectivity index (χ2v) is 19.9. The fraction of sp³-hybridized carbons (Fsp3) is 0.396. The number of carbonyl (C=O) groups is 1. The predicted octanol–water partition coefficient (Wildman–Crippen LogP) is 8.91. The molecule has 4 saturated heterocycles. The molecule has 0 radical (unpaired) electrons. The van der Waals surface area contributed by atoms with Crippen LogP contribution in [0, 0.1) is 16.0 Å². The lowest BCUT2D eigenvalue weighted by Gasteiger charge is -2.36. The fourth-order valence-electron chi connectivity index (χ4n) is 9.59. The quantitative estimate of drug-likeness (QED) is 0.0768. The number of piperidine rings is 1. The lowest BCUT2D eigenvalue weighted by Crippen LogP contribution is -2.46. The van der Waals surface area contributed by atoms with Crippen molar-refractivity contribution in [3.8, 4) is 21.9 Å². The van der Waals surface area contributed by atoms with Gasteiger partial charge in [-0.1, -0.05) is 48.9 Å². The maximum absolute atomic E-state index is 13.8. The topological polar surface area (TPSA) is 147 Å². The highest BCUT2D eigenvalue weighted by Crippen LogP contribution is 2.39. The van der Waals surface area contributed by atoms with E-state index in [1.807, 2.05) is 29.5 Å². The molecule has 15 heteroatoms. The number of carbonyl (C=O) groups excluding carboxylic acids is 1. The molecule has 2 bridgehead atoms. The highest BCUT2D eigenvalue weighted by atomic mass is 32.2. The SMILES string of the molecule is O=C(NS(=O)(=O)c1ccc(NCC2CCOCC2)c([N+](=O)[O-])c1)c1ccc(N2CCN(Cc3ccccc3-c3ccc(CN4C5CCCC4CC5)s3)CC2)cc1Oc1ccccc1. The summed E-state index contributed by atoms with van der Waals surface area (Å²) in [4.78, 5) is 35.1. The van der Waals surface area contributed by atoms with Crippen molar-refractivity contribution in [3.63, 3.8) is 0 Å². The summed E-state index contributed by atoms with van der Waals surface area (Å²) in [5.74, 6) is 0.0275. The molecular weight excluding hydrogens is 837 g/mol. The van der Waals surface area contributed by atoms with Crippen LogP contribution in [-0.2, 0) is 27.8 Å². The van der Waals surface area contributed by atoms with Crippen molar-refractivity contribution in [1.29, 1.82) is 0 Å². The third-order valence-electron chi connectivity index (χ3n) is 13.1. The molecule has 0 spiro atoms. The number of nitro benzene ring substituents is 1. The third-order valence-corrected chi connectivity index (χ3v) is 15.5. The van der Waals surface area contributed by atoms with Crippen LogP contribution in [0.2, 0.25) is 0 Å². The molecule has 1 aromatic heterocycles. The first-order valence-corrected chi connectivity index (χ1v) is 24.4. The molecular formula is C48H54N6O7S2. The number of amides is 1. The molecule has 4 aromatic carbocycles. The van der Waals surface area contributed by atoms with Crippen molar-refractivity contribution in [3.05, 3.63) is 129 Å². The number of nitro groups is 1. The van der Waals surface area contributed by atoms with Gasteiger partial charge in [0.2, 0.25) is 0 Å². The minimum absolute atomic E-state index is 0.00527. The summed E-state index contributed by atoms with van der Waals surface area (Å²) in [6.07, 6.45) is 8.41. The minimum Gasteiger partial charge on any atom is -0.456 e. The van der Waals surface area contributed by atoms with E-state index < -0.39 is 31.4 Å². The smallest absolute Gasteiger partial charge is 0.293 e. The molecule has 0 saturated carbocycles. The molecule has 5 aromatic rings. The van der Waals surface area contributed by atoms with Gasteiger partial charge in [-0.15, -0.1) is 11.3 Å². The van der Waals surface area contributed by atoms with Crippen molar-refractivity contribution < 1.29 is 27.6 Å². The van der Waals surface area contributed by atoms with E-state index in [1.54, 1.807) is 30.3 Å². The van der Waals surface area contributed by atoms with Gasteiger partial charge in [-0.3, -0.25) is 24.7 Å². The highest BCUT2D eigenvalue weighted by Gasteiger charge is 2.36. The average molecular weight is 891 g/mol. The van der Waals surface area contributed by atoms with Crippen LogP contribution in [0.1, 0.15) is 65.7 Å². The summed E-state index contributed by atoms with van der Waals surface area (Å²) in [7, 11) is -4.52. The fourth-order valence-corrected chi connectivity index (χ4v) is 11.7. The number of ether oxygens (including phenoxy) is 2. The van der Waals surface area contributed by atoms with Crippen molar-refractivity contribution in [2.24, 2.45) is 5.92 Å². The van der Waals surface area contributed by atoms with Gasteiger partial charge in [-0.05, 0) is 104 Å². The van der Waals surface area contributed by atoms with Crippen LogP contribution in [0.15, 0.2) is 108 Å². The van der Waals surface area contributed by atoms with Crippen LogP contribution in [-0.4, -0.2) is 87.1 Å². The van der Waals surface area contributed by atoms with E-state index in [0.717, 1.165) is 75.9 Å². The average Bonchev–Trinajstić information content (AvgIpc) is 3.84. The van der Waals surface area contributed by atoms with E-state index in [-0.39, 0.29) is 22.9 Å². The van der Waals surface area contributed by atoms with E-state index in [2.05, 4.69) is 61.1 Å². The van der Waals surface area contributed by atoms with Gasteiger partial charge >= 0.3 is 0 Å². The number of anilines is 2. The molecule has 330 valence electrons. The van der Waals surface area contributed by atoms with Gasteiger partial charge in [-0.25, -0.2) is 13.1 Å². The van der Waals surface area contributed by atoms with Crippen molar-refractivity contribution in [2.45, 2.75) is 75.0 Å². The summed E-state index contributed by atoms with van der Waals surface area (Å²) < 4.78 is 41.0. The zero-order valence-corrected chi connectivity index (χ0v) is 37.0. The molecule has 13 nitrogen and oxygen atoms in total. The monoisotopic (exact) mass is 890 g/mol. The first kappa shape index (κ1) is 43.0. The molecule has 9 rings (SSSR count). The van der Waals surface area contributed by atoms with Gasteiger partial charge in [-0.2, -0.15) is 0 Å². The molecule has 1 amide bonds. The Balaban J connectivity index is 0.866. The lowest BCUT2D eigenvalue weighted by atomic mass is 10.0. The maximum Gasteiger partial charge on any atom is 0.293 e. The summed E-state index contributed by atoms with van der Waals surface area (Å²) >= 11 is 1.93. The number of nitrogens with one attached hydrogen (secondary N) is 2. The number of para-hydroxylation sites is 1. The molecule has 4 fully saturated rings. The molecule has 2 N–H and O–H groups in total. The van der Waals surface area contributed by atoms with E-state index >= 15 is 0 Å². The second-order valence-electron chi connectivity index (χ2n) is 17.1. The van der Waals surface area contributed by atoms with Crippen molar-refractivity contribution in [2.75, 3.05) is 56.2 Å². The molecule has 0 aliphatic carbocycles. The van der Waals surface area contributed by atoms with E-state index in [9.17, 15) is 23.3 Å². The first-order chi connectivity index (χ1) is 30.7. The predicted molar refractivity (Wildman–Crippen MR) is 246 cm³/mol. The normalized spacial score (nSPS) is 19.8. The van der Waals surface area contributed by atoms with Gasteiger partial charge in [0.25, 0.3) is 21.6 Å². The Morgan fingerprint density at radius 2 is 1.57 bits per heavy atom. The van der Waals surface area contributed by atoms with Crippen LogP contribution < -0.4 is 19.7 Å². The van der Waals surface area contributed by atoms with Crippen molar-refractivity contribution in [1.82, 2.24) is 14.5 Å². The summed E-state index contributed by atoms with van der Waals surface area (Å²) in [6.45, 7) is 6.80. The number of piperazine rings is 1. The molecule has 2 atom stereocenters. The van der Waals surface area contributed by atoms with E-state index in [1.165, 1.54) is 65.1 Å². The number of fused-ring (bicyclic) bond motifs is 2. The lowest BCUT2D eigenvalue weighted by molar-refractivity contribution is -0.384. The maximum atomic E-state index is 13.8. The van der Waals surface area contributed by atoms with Crippen LogP contribution in [0.4, 0.5) is 17.1 Å². The Morgan fingerprint density at radius 3 is 2.33 bits per heavy atom. The Hall–Kier alpha value is -5.32. The molecule has 5 heterocycles. The van der Waals surface area contributed by atoms with Crippen molar-refractivity contribution >= 4 is 44.3 Å². The number of nitrogens with zero attached hydrogens (tertiary/aromatic N) is 4. The highest BCUT2D eigenvalue weighted by molar-refractivity contribution is 7.90. The second kappa shape index (κ2) is 19.2. The Labute approximate surface area is 373 Å². The van der Waals surface area contributed by atoms with Gasteiger partial charge < -0.3 is 19.7 Å². The van der Waals surface area contributed by atoms with Gasteiger partial charge in [0, 0.05) is 98.7 Å². The van der Waals surface area contributed by atoms with Crippen LogP contribution in [0.25, 0.3) is 10.4 Å². The summed E-state index contributed by atoms with van der Waals surface area (Å²) in [5.41, 5.74) is 3.26. The Bertz CT molecular complexity index is 2510. The minimum atomic E-state index is -4.52. The van der Waals surface area contributed by atoms with Gasteiger partial charge in [0.15, 0.2) is 0 Å². The first-order valence-electron chi connectivity index (χ1n) is 22.1.